The molecule has 7 nitrogen and oxygen atoms in total. The maximum absolute atomic E-state index is 10.3. The number of nitrogens with two attached hydrogens (primary N) is 1. The molecule has 0 amide bonds. The van der Waals surface area contributed by atoms with Crippen molar-refractivity contribution >= 4 is 5.97 Å². The number of carboxylic acid groups (broad SMARTS) is 1. The zero-order chi connectivity index (χ0) is 34.9. The maximum Gasteiger partial charge on any atom is 0.303 e. The number of hydrazine groups is 2. The van der Waals surface area contributed by atoms with E-state index in [1.165, 1.54) is 180 Å². The van der Waals surface area contributed by atoms with Crippen molar-refractivity contribution in [2.45, 2.75) is 232 Å². The van der Waals surface area contributed by atoms with Gasteiger partial charge in [-0.1, -0.05) is 206 Å². The predicted molar refractivity (Wildman–Crippen MR) is 203 cm³/mol. The molecule has 0 radical (unpaired) electrons. The number of carboxylic acids is 1. The minimum Gasteiger partial charge on any atom is -0.481 e. The predicted octanol–water partition coefficient (Wildman–Crippen LogP) is 11.0. The van der Waals surface area contributed by atoms with Crippen molar-refractivity contribution in [1.82, 2.24) is 10.5 Å². The zero-order valence-electron chi connectivity index (χ0n) is 31.8. The maximum atomic E-state index is 10.3. The third kappa shape index (κ3) is 41.4. The summed E-state index contributed by atoms with van der Waals surface area (Å²) in [6, 6.07) is -0.00575. The van der Waals surface area contributed by atoms with Crippen LogP contribution < -0.4 is 11.4 Å². The topological polar surface area (TPSA) is 119 Å². The number of hydrogen-bond donors (Lipinski definition) is 5. The summed E-state index contributed by atoms with van der Waals surface area (Å²) in [4.78, 5) is 10.3. The number of aliphatic hydroxyl groups excluding tert-OH is 2. The van der Waals surface area contributed by atoms with Gasteiger partial charge in [-0.25, -0.2) is 5.01 Å². The molecule has 6 N–H and O–H groups in total. The fourth-order valence-corrected chi connectivity index (χ4v) is 6.38. The van der Waals surface area contributed by atoms with E-state index in [1.807, 2.05) is 0 Å². The average Bonchev–Trinajstić information content (AvgIpc) is 3.07. The van der Waals surface area contributed by atoms with Gasteiger partial charge in [0.15, 0.2) is 0 Å². The van der Waals surface area contributed by atoms with Gasteiger partial charge in [-0.3, -0.25) is 10.6 Å². The Morgan fingerprint density at radius 1 is 0.532 bits per heavy atom. The molecule has 0 rings (SSSR count). The first-order valence-electron chi connectivity index (χ1n) is 20.7. The molecular weight excluding hydrogens is 586 g/mol. The van der Waals surface area contributed by atoms with Crippen molar-refractivity contribution in [1.29, 1.82) is 0 Å². The number of nitrogens with zero attached hydrogens (tertiary/aromatic N) is 1. The lowest BCUT2D eigenvalue weighted by atomic mass is 10.0. The molecule has 0 aromatic rings. The van der Waals surface area contributed by atoms with Gasteiger partial charge in [0.1, 0.15) is 0 Å². The van der Waals surface area contributed by atoms with Crippen LogP contribution in [0.25, 0.3) is 0 Å². The molecule has 0 aliphatic rings. The van der Waals surface area contributed by atoms with Gasteiger partial charge in [0.25, 0.3) is 0 Å². The van der Waals surface area contributed by atoms with Crippen LogP contribution in [-0.4, -0.2) is 52.1 Å². The van der Waals surface area contributed by atoms with Crippen molar-refractivity contribution in [2.24, 2.45) is 5.84 Å². The molecule has 284 valence electrons. The van der Waals surface area contributed by atoms with Crippen molar-refractivity contribution in [3.8, 4) is 0 Å². The molecule has 0 saturated heterocycles. The highest BCUT2D eigenvalue weighted by Gasteiger charge is 2.15. The second-order valence-electron chi connectivity index (χ2n) is 14.1. The van der Waals surface area contributed by atoms with E-state index >= 15 is 0 Å². The normalized spacial score (nSPS) is 12.0. The number of aliphatic hydroxyl groups is 2. The summed E-state index contributed by atoms with van der Waals surface area (Å²) in [7, 11) is 0. The fraction of sp³-hybridized carbons (Fsp3) is 0.975. The number of nitrogens with one attached hydrogen (secondary N) is 1. The number of unbranched alkanes of at least 4 members (excludes halogenated alkanes) is 29. The Kier molecular flexibility index (Phi) is 44.6. The summed E-state index contributed by atoms with van der Waals surface area (Å²) in [5.74, 6) is 4.80. The van der Waals surface area contributed by atoms with Gasteiger partial charge < -0.3 is 15.3 Å². The van der Waals surface area contributed by atoms with Gasteiger partial charge in [0.05, 0.1) is 13.2 Å². The SMILES string of the molecule is CCCCCCCCCCCCCCCCCC(=O)O.CCCCCCCCCCCCCCCCCCC(CO)N(CCO)NN. The van der Waals surface area contributed by atoms with E-state index in [0.29, 0.717) is 13.0 Å². The Morgan fingerprint density at radius 2 is 0.830 bits per heavy atom. The molecule has 1 unspecified atom stereocenters. The first kappa shape index (κ1) is 48.4. The summed E-state index contributed by atoms with van der Waals surface area (Å²) in [6.07, 6.45) is 43.0. The lowest BCUT2D eigenvalue weighted by Crippen LogP contribution is -2.52. The quantitative estimate of drug-likeness (QED) is 0.0252. The Hall–Kier alpha value is -0.730. The molecule has 0 aliphatic heterocycles. The molecule has 0 aliphatic carbocycles. The second kappa shape index (κ2) is 43.3. The van der Waals surface area contributed by atoms with Crippen molar-refractivity contribution in [3.63, 3.8) is 0 Å². The Balaban J connectivity index is 0. The Labute approximate surface area is 293 Å². The zero-order valence-corrected chi connectivity index (χ0v) is 31.8. The first-order chi connectivity index (χ1) is 23.1. The van der Waals surface area contributed by atoms with Crippen molar-refractivity contribution < 1.29 is 20.1 Å². The van der Waals surface area contributed by atoms with Crippen LogP contribution in [0.15, 0.2) is 0 Å². The molecule has 0 aromatic heterocycles. The monoisotopic (exact) mass is 672 g/mol. The molecule has 0 saturated carbocycles. The van der Waals surface area contributed by atoms with Crippen LogP contribution in [0.5, 0.6) is 0 Å². The van der Waals surface area contributed by atoms with Gasteiger partial charge in [-0.2, -0.15) is 5.53 Å². The lowest BCUT2D eigenvalue weighted by molar-refractivity contribution is -0.137. The summed E-state index contributed by atoms with van der Waals surface area (Å²) in [6.45, 7) is 5.11. The van der Waals surface area contributed by atoms with Crippen molar-refractivity contribution in [3.05, 3.63) is 0 Å². The smallest absolute Gasteiger partial charge is 0.303 e. The van der Waals surface area contributed by atoms with E-state index in [4.69, 9.17) is 16.1 Å². The summed E-state index contributed by atoms with van der Waals surface area (Å²) in [5.41, 5.74) is 2.57. The molecule has 0 bridgehead atoms. The van der Waals surface area contributed by atoms with E-state index < -0.39 is 5.97 Å². The van der Waals surface area contributed by atoms with Gasteiger partial charge in [-0.15, -0.1) is 0 Å². The highest BCUT2D eigenvalue weighted by molar-refractivity contribution is 5.66. The van der Waals surface area contributed by atoms with Crippen molar-refractivity contribution in [2.75, 3.05) is 19.8 Å². The summed E-state index contributed by atoms with van der Waals surface area (Å²) in [5, 5.41) is 28.7. The molecule has 7 heteroatoms. The van der Waals surface area contributed by atoms with E-state index in [0.717, 1.165) is 25.7 Å². The number of hydrogen-bond acceptors (Lipinski definition) is 6. The van der Waals surface area contributed by atoms with Crippen LogP contribution in [-0.2, 0) is 4.79 Å². The van der Waals surface area contributed by atoms with Gasteiger partial charge in [-0.05, 0) is 12.8 Å². The molecule has 1 atom stereocenters. The van der Waals surface area contributed by atoms with Crippen LogP contribution in [0, 0.1) is 0 Å². The van der Waals surface area contributed by atoms with E-state index in [9.17, 15) is 9.90 Å². The van der Waals surface area contributed by atoms with Gasteiger partial charge in [0.2, 0.25) is 0 Å². The van der Waals surface area contributed by atoms with E-state index in [-0.39, 0.29) is 19.3 Å². The summed E-state index contributed by atoms with van der Waals surface area (Å²) < 4.78 is 0. The molecular formula is C40H85N3O4. The standard InChI is InChI=1S/C22H49N3O2.C18H36O2/c1-2-3-4-5-6-7-8-9-10-11-12-13-14-15-16-17-18-22(21-27)25(24-23)19-20-26;1-2-3-4-5-6-7-8-9-10-11-12-13-14-15-16-17-18(19)20/h22,24,26-27H,2-21,23H2,1H3;2-17H2,1H3,(H,19,20). The third-order valence-corrected chi connectivity index (χ3v) is 9.54. The highest BCUT2D eigenvalue weighted by atomic mass is 16.4. The molecule has 0 spiro atoms. The third-order valence-electron chi connectivity index (χ3n) is 9.54. The van der Waals surface area contributed by atoms with E-state index in [2.05, 4.69) is 19.4 Å². The van der Waals surface area contributed by atoms with Gasteiger partial charge in [0, 0.05) is 19.0 Å². The van der Waals surface area contributed by atoms with Crippen LogP contribution in [0.4, 0.5) is 0 Å². The lowest BCUT2D eigenvalue weighted by Gasteiger charge is -2.28. The molecule has 0 aromatic carbocycles. The molecule has 0 fully saturated rings. The Bertz CT molecular complexity index is 582. The second-order valence-corrected chi connectivity index (χ2v) is 14.1. The van der Waals surface area contributed by atoms with E-state index in [1.54, 1.807) is 5.01 Å². The fourth-order valence-electron chi connectivity index (χ4n) is 6.38. The number of aliphatic carboxylic acids is 1. The Morgan fingerprint density at radius 3 is 1.09 bits per heavy atom. The van der Waals surface area contributed by atoms with Crippen LogP contribution >= 0.6 is 0 Å². The minimum absolute atomic E-state index is 0.00575. The van der Waals surface area contributed by atoms with Crippen LogP contribution in [0.1, 0.15) is 226 Å². The van der Waals surface area contributed by atoms with Crippen LogP contribution in [0.3, 0.4) is 0 Å². The average molecular weight is 672 g/mol. The molecule has 47 heavy (non-hydrogen) atoms. The molecule has 0 heterocycles. The minimum atomic E-state index is -0.653. The number of carbonyl (C=O) groups is 1. The highest BCUT2D eigenvalue weighted by Crippen LogP contribution is 2.16. The van der Waals surface area contributed by atoms with Gasteiger partial charge >= 0.3 is 5.97 Å². The number of rotatable bonds is 38. The first-order valence-corrected chi connectivity index (χ1v) is 20.7. The van der Waals surface area contributed by atoms with Crippen LogP contribution in [0.2, 0.25) is 0 Å². The largest absolute Gasteiger partial charge is 0.481 e. The summed E-state index contributed by atoms with van der Waals surface area (Å²) >= 11 is 0.